The minimum Gasteiger partial charge on any atom is -0.374 e. The van der Waals surface area contributed by atoms with Crippen LogP contribution in [0.3, 0.4) is 0 Å². The van der Waals surface area contributed by atoms with E-state index in [9.17, 15) is 0 Å². The largest absolute Gasteiger partial charge is 0.374 e. The van der Waals surface area contributed by atoms with Crippen molar-refractivity contribution in [1.82, 2.24) is 0 Å². The molecule has 0 amide bonds. The Morgan fingerprint density at radius 3 is 1.59 bits per heavy atom. The van der Waals surface area contributed by atoms with Crippen LogP contribution in [0.2, 0.25) is 0 Å². The zero-order valence-electron chi connectivity index (χ0n) is 21.7. The summed E-state index contributed by atoms with van der Waals surface area (Å²) in [6.07, 6.45) is -0.764. The van der Waals surface area contributed by atoms with E-state index < -0.39 is 0 Å². The first-order chi connectivity index (χ1) is 19.3. The molecular weight excluding hydrogens is 619 g/mol. The molecule has 0 saturated carbocycles. The van der Waals surface area contributed by atoms with Gasteiger partial charge in [0, 0.05) is 4.90 Å². The van der Waals surface area contributed by atoms with Crippen LogP contribution in [0.4, 0.5) is 0 Å². The van der Waals surface area contributed by atoms with Crippen LogP contribution in [0.25, 0.3) is 0 Å². The minimum absolute atomic E-state index is 0.0580. The quantitative estimate of drug-likeness (QED) is 0.116. The molecule has 1 saturated heterocycles. The zero-order chi connectivity index (χ0) is 26.7. The van der Waals surface area contributed by atoms with Crippen molar-refractivity contribution >= 4 is 34.4 Å². The molecule has 1 heterocycles. The highest BCUT2D eigenvalue weighted by atomic mass is 127. The first-order valence-electron chi connectivity index (χ1n) is 13.2. The number of alkyl halides is 1. The van der Waals surface area contributed by atoms with Crippen molar-refractivity contribution in [1.29, 1.82) is 0 Å². The highest BCUT2D eigenvalue weighted by molar-refractivity contribution is 14.1. The van der Waals surface area contributed by atoms with Gasteiger partial charge < -0.3 is 18.9 Å². The van der Waals surface area contributed by atoms with Gasteiger partial charge >= 0.3 is 0 Å². The molecule has 4 aromatic carbocycles. The average molecular weight is 653 g/mol. The van der Waals surface area contributed by atoms with Crippen LogP contribution in [-0.2, 0) is 38.8 Å². The van der Waals surface area contributed by atoms with Crippen molar-refractivity contribution < 1.29 is 18.9 Å². The van der Waals surface area contributed by atoms with E-state index >= 15 is 0 Å². The molecule has 0 aromatic heterocycles. The van der Waals surface area contributed by atoms with Gasteiger partial charge in [-0.3, -0.25) is 0 Å². The van der Waals surface area contributed by atoms with Gasteiger partial charge in [-0.2, -0.15) is 0 Å². The lowest BCUT2D eigenvalue weighted by Gasteiger charge is -2.44. The molecule has 1 aliphatic rings. The molecule has 5 rings (SSSR count). The maximum Gasteiger partial charge on any atom is 0.122 e. The van der Waals surface area contributed by atoms with Crippen molar-refractivity contribution in [2.24, 2.45) is 0 Å². The third kappa shape index (κ3) is 8.39. The molecule has 0 unspecified atom stereocenters. The Hall–Kier alpha value is -2.20. The first-order valence-corrected chi connectivity index (χ1v) is 15.3. The molecule has 0 N–H and O–H groups in total. The number of ether oxygens (including phenoxy) is 4. The second kappa shape index (κ2) is 15.0. The molecule has 4 aromatic rings. The van der Waals surface area contributed by atoms with Gasteiger partial charge in [0.2, 0.25) is 0 Å². The molecule has 0 bridgehead atoms. The van der Waals surface area contributed by atoms with E-state index in [1.165, 1.54) is 4.90 Å². The fraction of sp³-hybridized carbons (Fsp3) is 0.273. The Kier molecular flexibility index (Phi) is 10.9. The van der Waals surface area contributed by atoms with Crippen molar-refractivity contribution in [2.45, 2.75) is 52.4 Å². The topological polar surface area (TPSA) is 36.9 Å². The minimum atomic E-state index is -0.292. The summed E-state index contributed by atoms with van der Waals surface area (Å²) in [5.74, 6) is 0. The molecule has 5 atom stereocenters. The van der Waals surface area contributed by atoms with Crippen LogP contribution in [0, 0.1) is 0 Å². The predicted molar refractivity (Wildman–Crippen MR) is 165 cm³/mol. The SMILES string of the molecule is I[C@H]1[C@@H](OCc2ccccc2)[C@@H](OCc2ccccc2)[C@@H](COCc2ccccc2)O[C@@H]1Sc1ccccc1. The highest BCUT2D eigenvalue weighted by Gasteiger charge is 2.47. The molecule has 6 heteroatoms. The van der Waals surface area contributed by atoms with Crippen LogP contribution in [-0.4, -0.2) is 34.3 Å². The lowest BCUT2D eigenvalue weighted by Crippen LogP contribution is -2.57. The Balaban J connectivity index is 1.37. The third-order valence-corrected chi connectivity index (χ3v) is 9.56. The van der Waals surface area contributed by atoms with Crippen molar-refractivity contribution in [3.8, 4) is 0 Å². The molecule has 1 fully saturated rings. The maximum absolute atomic E-state index is 6.75. The van der Waals surface area contributed by atoms with Crippen LogP contribution in [0.15, 0.2) is 126 Å². The predicted octanol–water partition coefficient (Wildman–Crippen LogP) is 7.69. The Morgan fingerprint density at radius 1 is 0.590 bits per heavy atom. The Labute approximate surface area is 249 Å². The van der Waals surface area contributed by atoms with Crippen LogP contribution in [0.1, 0.15) is 16.7 Å². The number of thioether (sulfide) groups is 1. The molecule has 0 spiro atoms. The second-order valence-corrected chi connectivity index (χ2v) is 12.1. The number of halogens is 1. The van der Waals surface area contributed by atoms with Crippen molar-refractivity contribution in [2.75, 3.05) is 6.61 Å². The van der Waals surface area contributed by atoms with Gasteiger partial charge in [-0.15, -0.1) is 0 Å². The number of rotatable bonds is 12. The summed E-state index contributed by atoms with van der Waals surface area (Å²) in [4.78, 5) is 1.17. The summed E-state index contributed by atoms with van der Waals surface area (Å²) in [6, 6.07) is 41.2. The monoisotopic (exact) mass is 652 g/mol. The van der Waals surface area contributed by atoms with Gasteiger partial charge in [-0.25, -0.2) is 0 Å². The van der Waals surface area contributed by atoms with Gasteiger partial charge in [-0.05, 0) is 28.8 Å². The van der Waals surface area contributed by atoms with Gasteiger partial charge in [0.05, 0.1) is 30.4 Å². The van der Waals surface area contributed by atoms with E-state index in [-0.39, 0.29) is 27.7 Å². The molecule has 202 valence electrons. The van der Waals surface area contributed by atoms with Gasteiger partial charge in [0.15, 0.2) is 0 Å². The normalized spacial score (nSPS) is 22.9. The van der Waals surface area contributed by atoms with E-state index in [2.05, 4.69) is 83.3 Å². The second-order valence-electron chi connectivity index (χ2n) is 9.44. The summed E-state index contributed by atoms with van der Waals surface area (Å²) in [5, 5.41) is 0. The summed E-state index contributed by atoms with van der Waals surface area (Å²) in [5.41, 5.74) is 3.28. The summed E-state index contributed by atoms with van der Waals surface area (Å²) >= 11 is 4.21. The van der Waals surface area contributed by atoms with E-state index in [1.807, 2.05) is 60.7 Å². The molecule has 1 aliphatic heterocycles. The maximum atomic E-state index is 6.75. The Morgan fingerprint density at radius 2 is 1.05 bits per heavy atom. The smallest absolute Gasteiger partial charge is 0.122 e. The lowest BCUT2D eigenvalue weighted by molar-refractivity contribution is -0.199. The van der Waals surface area contributed by atoms with Gasteiger partial charge in [0.1, 0.15) is 23.7 Å². The number of hydrogen-bond donors (Lipinski definition) is 0. The van der Waals surface area contributed by atoms with Crippen molar-refractivity contribution in [3.05, 3.63) is 138 Å². The fourth-order valence-electron chi connectivity index (χ4n) is 4.52. The molecule has 4 nitrogen and oxygen atoms in total. The molecule has 0 aliphatic carbocycles. The van der Waals surface area contributed by atoms with E-state index in [4.69, 9.17) is 18.9 Å². The van der Waals surface area contributed by atoms with Crippen LogP contribution in [0.5, 0.6) is 0 Å². The zero-order valence-corrected chi connectivity index (χ0v) is 24.7. The summed E-state index contributed by atoms with van der Waals surface area (Å²) in [6.45, 7) is 1.92. The number of benzene rings is 4. The molecule has 0 radical (unpaired) electrons. The van der Waals surface area contributed by atoms with Crippen LogP contribution >= 0.6 is 34.4 Å². The van der Waals surface area contributed by atoms with Gasteiger partial charge in [-0.1, -0.05) is 144 Å². The lowest BCUT2D eigenvalue weighted by atomic mass is 10.0. The molecular formula is C33H33IO4S. The summed E-state index contributed by atoms with van der Waals surface area (Å²) < 4.78 is 26.3. The summed E-state index contributed by atoms with van der Waals surface area (Å²) in [7, 11) is 0. The molecule has 39 heavy (non-hydrogen) atoms. The van der Waals surface area contributed by atoms with E-state index in [0.717, 1.165) is 16.7 Å². The van der Waals surface area contributed by atoms with Gasteiger partial charge in [0.25, 0.3) is 0 Å². The highest BCUT2D eigenvalue weighted by Crippen LogP contribution is 2.40. The standard InChI is InChI=1S/C33H33IO4S/c34-30-32(37-23-27-17-9-3-10-18-27)31(36-22-26-15-7-2-8-16-26)29(24-35-21-25-13-5-1-6-14-25)38-33(30)39-28-19-11-4-12-20-28/h1-20,29-33H,21-24H2/t29-,30+,31+,32-,33-/m1/s1. The van der Waals surface area contributed by atoms with Crippen LogP contribution < -0.4 is 0 Å². The first kappa shape index (κ1) is 28.3. The fourth-order valence-corrected chi connectivity index (χ4v) is 6.81. The number of hydrogen-bond acceptors (Lipinski definition) is 5. The third-order valence-electron chi connectivity index (χ3n) is 6.53. The van der Waals surface area contributed by atoms with Crippen molar-refractivity contribution in [3.63, 3.8) is 0 Å². The Bertz CT molecular complexity index is 1230. The van der Waals surface area contributed by atoms with E-state index in [1.54, 1.807) is 11.8 Å². The average Bonchev–Trinajstić information content (AvgIpc) is 2.99. The van der Waals surface area contributed by atoms with E-state index in [0.29, 0.717) is 26.4 Å².